The van der Waals surface area contributed by atoms with Crippen LogP contribution in [0.4, 0.5) is 10.1 Å². The van der Waals surface area contributed by atoms with Crippen LogP contribution in [0, 0.1) is 12.7 Å². The molecule has 140 valence electrons. The van der Waals surface area contributed by atoms with E-state index in [9.17, 15) is 9.18 Å². The van der Waals surface area contributed by atoms with Crippen LogP contribution < -0.4 is 5.32 Å². The molecule has 4 aromatic rings. The summed E-state index contributed by atoms with van der Waals surface area (Å²) in [6.45, 7) is 1.90. The zero-order valence-electron chi connectivity index (χ0n) is 15.0. The van der Waals surface area contributed by atoms with E-state index in [1.165, 1.54) is 16.9 Å². The van der Waals surface area contributed by atoms with Gasteiger partial charge in [0.25, 0.3) is 0 Å². The van der Waals surface area contributed by atoms with Crippen LogP contribution in [-0.4, -0.2) is 20.9 Å². The highest BCUT2D eigenvalue weighted by Crippen LogP contribution is 2.22. The van der Waals surface area contributed by atoms with Crippen LogP contribution in [0.5, 0.6) is 0 Å². The standard InChI is InChI=1S/C21H16ClFN4O/c1-13-10-19-20(26-27(25-19)17-8-6-16(23)7-9-17)12-18(13)24-21(28)11-14-2-4-15(22)5-3-14/h2-10,12H,11H2,1H3,(H,24,28). The third-order valence-corrected chi connectivity index (χ3v) is 4.59. The molecular formula is C21H16ClFN4O. The van der Waals surface area contributed by atoms with Crippen LogP contribution in [-0.2, 0) is 11.2 Å². The van der Waals surface area contributed by atoms with Gasteiger partial charge >= 0.3 is 0 Å². The summed E-state index contributed by atoms with van der Waals surface area (Å²) in [5.74, 6) is -0.447. The molecule has 0 bridgehead atoms. The Kier molecular flexibility index (Phi) is 4.79. The van der Waals surface area contributed by atoms with E-state index in [-0.39, 0.29) is 18.1 Å². The normalized spacial score (nSPS) is 11.0. The summed E-state index contributed by atoms with van der Waals surface area (Å²) in [4.78, 5) is 13.8. The topological polar surface area (TPSA) is 59.8 Å². The number of hydrogen-bond donors (Lipinski definition) is 1. The molecule has 0 radical (unpaired) electrons. The van der Waals surface area contributed by atoms with Crippen molar-refractivity contribution in [2.24, 2.45) is 0 Å². The largest absolute Gasteiger partial charge is 0.325 e. The van der Waals surface area contributed by atoms with E-state index < -0.39 is 0 Å². The highest BCUT2D eigenvalue weighted by Gasteiger charge is 2.11. The predicted octanol–water partition coefficient (Wildman–Crippen LogP) is 4.70. The maximum Gasteiger partial charge on any atom is 0.228 e. The number of fused-ring (bicyclic) bond motifs is 1. The average Bonchev–Trinajstić information content (AvgIpc) is 3.07. The zero-order chi connectivity index (χ0) is 19.7. The van der Waals surface area contributed by atoms with Gasteiger partial charge < -0.3 is 5.32 Å². The summed E-state index contributed by atoms with van der Waals surface area (Å²) < 4.78 is 13.1. The van der Waals surface area contributed by atoms with Crippen molar-refractivity contribution >= 4 is 34.2 Å². The van der Waals surface area contributed by atoms with Crippen LogP contribution in [0.3, 0.4) is 0 Å². The van der Waals surface area contributed by atoms with Crippen molar-refractivity contribution in [2.75, 3.05) is 5.32 Å². The number of carbonyl (C=O) groups is 1. The Morgan fingerprint density at radius 3 is 2.36 bits per heavy atom. The number of nitrogens with zero attached hydrogens (tertiary/aromatic N) is 3. The number of aromatic nitrogens is 3. The lowest BCUT2D eigenvalue weighted by molar-refractivity contribution is -0.115. The first-order valence-electron chi connectivity index (χ1n) is 8.66. The fourth-order valence-corrected chi connectivity index (χ4v) is 3.00. The minimum Gasteiger partial charge on any atom is -0.325 e. The predicted molar refractivity (Wildman–Crippen MR) is 107 cm³/mol. The first-order valence-corrected chi connectivity index (χ1v) is 9.04. The van der Waals surface area contributed by atoms with Gasteiger partial charge in [0.05, 0.1) is 12.1 Å². The smallest absolute Gasteiger partial charge is 0.228 e. The van der Waals surface area contributed by atoms with Gasteiger partial charge in [-0.2, -0.15) is 4.80 Å². The number of rotatable bonds is 4. The Morgan fingerprint density at radius 2 is 1.68 bits per heavy atom. The molecule has 0 spiro atoms. The first kappa shape index (κ1) is 18.1. The molecule has 7 heteroatoms. The van der Waals surface area contributed by atoms with Crippen molar-refractivity contribution in [1.29, 1.82) is 0 Å². The molecular weight excluding hydrogens is 379 g/mol. The summed E-state index contributed by atoms with van der Waals surface area (Å²) in [6, 6.07) is 16.8. The van der Waals surface area contributed by atoms with Crippen molar-refractivity contribution in [3.8, 4) is 5.69 Å². The molecule has 0 saturated heterocycles. The lowest BCUT2D eigenvalue weighted by atomic mass is 10.1. The van der Waals surface area contributed by atoms with E-state index in [0.717, 1.165) is 11.1 Å². The molecule has 1 amide bonds. The van der Waals surface area contributed by atoms with Gasteiger partial charge in [-0.05, 0) is 66.6 Å². The molecule has 0 aliphatic rings. The van der Waals surface area contributed by atoms with Gasteiger partial charge in [0.2, 0.25) is 5.91 Å². The molecule has 0 atom stereocenters. The molecule has 0 unspecified atom stereocenters. The highest BCUT2D eigenvalue weighted by molar-refractivity contribution is 6.30. The third kappa shape index (κ3) is 3.87. The van der Waals surface area contributed by atoms with Crippen molar-refractivity contribution in [3.05, 3.63) is 82.6 Å². The number of halogens is 2. The second-order valence-corrected chi connectivity index (χ2v) is 6.91. The van der Waals surface area contributed by atoms with Gasteiger partial charge in [-0.3, -0.25) is 4.79 Å². The van der Waals surface area contributed by atoms with Gasteiger partial charge in [-0.25, -0.2) is 4.39 Å². The maximum atomic E-state index is 13.1. The van der Waals surface area contributed by atoms with Crippen LogP contribution >= 0.6 is 11.6 Å². The van der Waals surface area contributed by atoms with Crippen molar-refractivity contribution in [2.45, 2.75) is 13.3 Å². The van der Waals surface area contributed by atoms with Gasteiger partial charge in [0, 0.05) is 10.7 Å². The fourth-order valence-electron chi connectivity index (χ4n) is 2.87. The molecule has 3 aromatic carbocycles. The Labute approximate surface area is 165 Å². The summed E-state index contributed by atoms with van der Waals surface area (Å²) in [5.41, 5.74) is 4.42. The fraction of sp³-hybridized carbons (Fsp3) is 0.0952. The van der Waals surface area contributed by atoms with Crippen molar-refractivity contribution in [1.82, 2.24) is 15.0 Å². The molecule has 0 aliphatic carbocycles. The Bertz CT molecular complexity index is 1150. The minimum atomic E-state index is -0.318. The molecule has 0 aliphatic heterocycles. The summed E-state index contributed by atoms with van der Waals surface area (Å²) in [6.07, 6.45) is 0.247. The quantitative estimate of drug-likeness (QED) is 0.545. The summed E-state index contributed by atoms with van der Waals surface area (Å²) in [5, 5.41) is 12.4. The van der Waals surface area contributed by atoms with Crippen LogP contribution in [0.1, 0.15) is 11.1 Å². The van der Waals surface area contributed by atoms with Crippen LogP contribution in [0.2, 0.25) is 5.02 Å². The lowest BCUT2D eigenvalue weighted by Crippen LogP contribution is -2.15. The molecule has 0 fully saturated rings. The lowest BCUT2D eigenvalue weighted by Gasteiger charge is -2.08. The SMILES string of the molecule is Cc1cc2nn(-c3ccc(F)cc3)nc2cc1NC(=O)Cc1ccc(Cl)cc1. The molecule has 28 heavy (non-hydrogen) atoms. The molecule has 1 aromatic heterocycles. The van der Waals surface area contributed by atoms with Crippen LogP contribution in [0.25, 0.3) is 16.7 Å². The van der Waals surface area contributed by atoms with Crippen molar-refractivity contribution in [3.63, 3.8) is 0 Å². The second kappa shape index (κ2) is 7.40. The van der Waals surface area contributed by atoms with Gasteiger partial charge in [0.1, 0.15) is 16.9 Å². The Morgan fingerprint density at radius 1 is 1.04 bits per heavy atom. The second-order valence-electron chi connectivity index (χ2n) is 6.47. The average molecular weight is 395 g/mol. The van der Waals surface area contributed by atoms with E-state index in [4.69, 9.17) is 11.6 Å². The summed E-state index contributed by atoms with van der Waals surface area (Å²) in [7, 11) is 0. The van der Waals surface area contributed by atoms with E-state index in [1.54, 1.807) is 30.3 Å². The maximum absolute atomic E-state index is 13.1. The first-order chi connectivity index (χ1) is 13.5. The molecule has 0 saturated carbocycles. The van der Waals surface area contributed by atoms with E-state index in [1.807, 2.05) is 25.1 Å². The number of nitrogens with one attached hydrogen (secondary N) is 1. The highest BCUT2D eigenvalue weighted by atomic mass is 35.5. The van der Waals surface area contributed by atoms with E-state index in [2.05, 4.69) is 15.5 Å². The number of benzene rings is 3. The van der Waals surface area contributed by atoms with Gasteiger partial charge in [0.15, 0.2) is 0 Å². The van der Waals surface area contributed by atoms with Crippen LogP contribution in [0.15, 0.2) is 60.7 Å². The number of aryl methyl sites for hydroxylation is 1. The molecule has 1 N–H and O–H groups in total. The molecule has 5 nitrogen and oxygen atoms in total. The molecule has 4 rings (SSSR count). The Hall–Kier alpha value is -3.25. The van der Waals surface area contributed by atoms with Gasteiger partial charge in [-0.1, -0.05) is 23.7 Å². The number of hydrogen-bond acceptors (Lipinski definition) is 3. The molecule has 1 heterocycles. The zero-order valence-corrected chi connectivity index (χ0v) is 15.7. The number of carbonyl (C=O) groups excluding carboxylic acids is 1. The summed E-state index contributed by atoms with van der Waals surface area (Å²) >= 11 is 5.87. The minimum absolute atomic E-state index is 0.129. The van der Waals surface area contributed by atoms with E-state index >= 15 is 0 Å². The van der Waals surface area contributed by atoms with Crippen molar-refractivity contribution < 1.29 is 9.18 Å². The van der Waals surface area contributed by atoms with Gasteiger partial charge in [-0.15, -0.1) is 10.2 Å². The van der Waals surface area contributed by atoms with E-state index in [0.29, 0.717) is 27.4 Å². The monoisotopic (exact) mass is 394 g/mol. The third-order valence-electron chi connectivity index (χ3n) is 4.34. The Balaban J connectivity index is 1.57. The number of amides is 1. The number of anilines is 1.